The van der Waals surface area contributed by atoms with Crippen LogP contribution in [-0.2, 0) is 0 Å². The Morgan fingerprint density at radius 2 is 2.31 bits per heavy atom. The highest BCUT2D eigenvalue weighted by molar-refractivity contribution is 5.32. The first-order valence-electron chi connectivity index (χ1n) is 6.11. The quantitative estimate of drug-likeness (QED) is 0.822. The lowest BCUT2D eigenvalue weighted by atomic mass is 9.83. The minimum Gasteiger partial charge on any atom is -0.362 e. The summed E-state index contributed by atoms with van der Waals surface area (Å²) in [5, 5.41) is 3.30. The molecule has 1 saturated carbocycles. The van der Waals surface area contributed by atoms with Crippen LogP contribution < -0.4 is 10.9 Å². The molecule has 1 heterocycles. The van der Waals surface area contributed by atoms with Crippen molar-refractivity contribution in [3.63, 3.8) is 0 Å². The third-order valence-electron chi connectivity index (χ3n) is 3.46. The molecule has 1 aromatic heterocycles. The first-order chi connectivity index (χ1) is 7.81. The molecule has 1 aliphatic carbocycles. The zero-order chi connectivity index (χ0) is 11.4. The van der Waals surface area contributed by atoms with Gasteiger partial charge < -0.3 is 10.3 Å². The second kappa shape index (κ2) is 5.14. The minimum absolute atomic E-state index is 0.122. The Morgan fingerprint density at radius 3 is 3.06 bits per heavy atom. The summed E-state index contributed by atoms with van der Waals surface area (Å²) in [5.41, 5.74) is -0.122. The van der Waals surface area contributed by atoms with Crippen LogP contribution in [0.2, 0.25) is 0 Å². The molecule has 0 spiro atoms. The van der Waals surface area contributed by atoms with E-state index in [0.717, 1.165) is 6.42 Å². The van der Waals surface area contributed by atoms with E-state index in [-0.39, 0.29) is 5.56 Å². The number of hydrogen-bond acceptors (Lipinski definition) is 3. The highest BCUT2D eigenvalue weighted by Gasteiger charge is 2.24. The second-order valence-electron chi connectivity index (χ2n) is 4.47. The molecule has 4 nitrogen and oxygen atoms in total. The summed E-state index contributed by atoms with van der Waals surface area (Å²) >= 11 is 0. The maximum absolute atomic E-state index is 11.5. The molecule has 2 rings (SSSR count). The van der Waals surface area contributed by atoms with Crippen molar-refractivity contribution in [2.45, 2.75) is 45.1 Å². The Hall–Kier alpha value is -1.32. The zero-order valence-corrected chi connectivity index (χ0v) is 9.70. The van der Waals surface area contributed by atoms with Crippen LogP contribution in [0.25, 0.3) is 0 Å². The van der Waals surface area contributed by atoms with Crippen LogP contribution in [0.15, 0.2) is 17.2 Å². The Bertz CT molecular complexity index is 388. The number of aromatic amines is 1. The molecule has 0 amide bonds. The maximum atomic E-state index is 11.5. The largest absolute Gasteiger partial charge is 0.362 e. The number of nitrogens with one attached hydrogen (secondary N) is 2. The Morgan fingerprint density at radius 1 is 1.50 bits per heavy atom. The molecule has 88 valence electrons. The van der Waals surface area contributed by atoms with Crippen molar-refractivity contribution in [3.8, 4) is 0 Å². The number of rotatable bonds is 3. The van der Waals surface area contributed by atoms with Crippen LogP contribution in [-0.4, -0.2) is 16.0 Å². The third kappa shape index (κ3) is 2.43. The number of H-pyrrole nitrogens is 1. The lowest BCUT2D eigenvalue weighted by molar-refractivity contribution is 0.316. The third-order valence-corrected chi connectivity index (χ3v) is 3.46. The Balaban J connectivity index is 2.08. The smallest absolute Gasteiger partial charge is 0.290 e. The van der Waals surface area contributed by atoms with Gasteiger partial charge in [-0.1, -0.05) is 26.2 Å². The van der Waals surface area contributed by atoms with Crippen molar-refractivity contribution in [3.05, 3.63) is 22.7 Å². The SMILES string of the molecule is CCC1CCCCC1Nc1ncc[nH]c1=O. The van der Waals surface area contributed by atoms with Crippen LogP contribution in [0.1, 0.15) is 39.0 Å². The van der Waals surface area contributed by atoms with E-state index in [1.54, 1.807) is 12.4 Å². The fourth-order valence-corrected chi connectivity index (χ4v) is 2.52. The lowest BCUT2D eigenvalue weighted by Gasteiger charge is -2.31. The topological polar surface area (TPSA) is 57.8 Å². The molecule has 0 bridgehead atoms. The van der Waals surface area contributed by atoms with Gasteiger partial charge in [-0.3, -0.25) is 4.79 Å². The molecule has 2 N–H and O–H groups in total. The van der Waals surface area contributed by atoms with Gasteiger partial charge in [-0.25, -0.2) is 4.98 Å². The number of hydrogen-bond donors (Lipinski definition) is 2. The van der Waals surface area contributed by atoms with Crippen LogP contribution in [0.5, 0.6) is 0 Å². The van der Waals surface area contributed by atoms with Crippen LogP contribution in [0.4, 0.5) is 5.82 Å². The molecule has 0 aromatic carbocycles. The fraction of sp³-hybridized carbons (Fsp3) is 0.667. The van der Waals surface area contributed by atoms with Gasteiger partial charge >= 0.3 is 0 Å². The predicted octanol–water partition coefficient (Wildman–Crippen LogP) is 2.15. The molecule has 4 heteroatoms. The molecular weight excluding hydrogens is 202 g/mol. The first kappa shape index (κ1) is 11.2. The number of aromatic nitrogens is 2. The highest BCUT2D eigenvalue weighted by Crippen LogP contribution is 2.28. The first-order valence-corrected chi connectivity index (χ1v) is 6.11. The Kier molecular flexibility index (Phi) is 3.59. The molecule has 1 fully saturated rings. The van der Waals surface area contributed by atoms with Crippen molar-refractivity contribution in [2.24, 2.45) is 5.92 Å². The van der Waals surface area contributed by atoms with Crippen LogP contribution in [0, 0.1) is 5.92 Å². The molecule has 0 saturated heterocycles. The molecule has 1 aromatic rings. The van der Waals surface area contributed by atoms with Crippen LogP contribution in [0.3, 0.4) is 0 Å². The van der Waals surface area contributed by atoms with E-state index in [9.17, 15) is 4.79 Å². The van der Waals surface area contributed by atoms with Gasteiger partial charge in [0, 0.05) is 18.4 Å². The fourth-order valence-electron chi connectivity index (χ4n) is 2.52. The zero-order valence-electron chi connectivity index (χ0n) is 9.70. The molecule has 1 aliphatic rings. The molecule has 2 atom stereocenters. The number of nitrogens with zero attached hydrogens (tertiary/aromatic N) is 1. The predicted molar refractivity (Wildman–Crippen MR) is 64.5 cm³/mol. The summed E-state index contributed by atoms with van der Waals surface area (Å²) in [6.07, 6.45) is 9.32. The van der Waals surface area contributed by atoms with Gasteiger partial charge in [0.1, 0.15) is 0 Å². The highest BCUT2D eigenvalue weighted by atomic mass is 16.1. The standard InChI is InChI=1S/C12H19N3O/c1-2-9-5-3-4-6-10(9)15-11-12(16)14-8-7-13-11/h7-10H,2-6H2,1H3,(H,13,15)(H,14,16). The van der Waals surface area contributed by atoms with Crippen molar-refractivity contribution in [2.75, 3.05) is 5.32 Å². The van der Waals surface area contributed by atoms with Crippen LogP contribution >= 0.6 is 0 Å². The van der Waals surface area contributed by atoms with E-state index in [4.69, 9.17) is 0 Å². The number of anilines is 1. The summed E-state index contributed by atoms with van der Waals surface area (Å²) in [5.74, 6) is 1.14. The van der Waals surface area contributed by atoms with E-state index in [1.165, 1.54) is 25.7 Å². The van der Waals surface area contributed by atoms with Gasteiger partial charge in [0.05, 0.1) is 0 Å². The van der Waals surface area contributed by atoms with Gasteiger partial charge in [0.15, 0.2) is 5.82 Å². The van der Waals surface area contributed by atoms with Gasteiger partial charge in [0.2, 0.25) is 0 Å². The molecule has 0 aliphatic heterocycles. The van der Waals surface area contributed by atoms with Gasteiger partial charge in [-0.15, -0.1) is 0 Å². The van der Waals surface area contributed by atoms with Crippen molar-refractivity contribution >= 4 is 5.82 Å². The summed E-state index contributed by atoms with van der Waals surface area (Å²) in [7, 11) is 0. The lowest BCUT2D eigenvalue weighted by Crippen LogP contribution is -2.34. The monoisotopic (exact) mass is 221 g/mol. The average Bonchev–Trinajstić information content (AvgIpc) is 2.33. The molecule has 0 radical (unpaired) electrons. The van der Waals surface area contributed by atoms with Gasteiger partial charge in [-0.05, 0) is 18.8 Å². The minimum atomic E-state index is -0.122. The van der Waals surface area contributed by atoms with E-state index in [2.05, 4.69) is 22.2 Å². The van der Waals surface area contributed by atoms with Crippen molar-refractivity contribution < 1.29 is 0 Å². The maximum Gasteiger partial charge on any atom is 0.290 e. The molecule has 16 heavy (non-hydrogen) atoms. The van der Waals surface area contributed by atoms with E-state index in [1.807, 2.05) is 0 Å². The average molecular weight is 221 g/mol. The molecular formula is C12H19N3O. The van der Waals surface area contributed by atoms with Crippen molar-refractivity contribution in [1.82, 2.24) is 9.97 Å². The van der Waals surface area contributed by atoms with E-state index < -0.39 is 0 Å². The summed E-state index contributed by atoms with van der Waals surface area (Å²) in [4.78, 5) is 18.2. The van der Waals surface area contributed by atoms with Gasteiger partial charge in [-0.2, -0.15) is 0 Å². The van der Waals surface area contributed by atoms with Gasteiger partial charge in [0.25, 0.3) is 5.56 Å². The van der Waals surface area contributed by atoms with Crippen molar-refractivity contribution in [1.29, 1.82) is 0 Å². The van der Waals surface area contributed by atoms with E-state index >= 15 is 0 Å². The molecule has 2 unspecified atom stereocenters. The second-order valence-corrected chi connectivity index (χ2v) is 4.47. The summed E-state index contributed by atoms with van der Waals surface area (Å²) in [6, 6.07) is 0.412. The summed E-state index contributed by atoms with van der Waals surface area (Å²) < 4.78 is 0. The Labute approximate surface area is 95.5 Å². The summed E-state index contributed by atoms with van der Waals surface area (Å²) in [6.45, 7) is 2.22. The van der Waals surface area contributed by atoms with E-state index in [0.29, 0.717) is 17.8 Å². The normalized spacial score (nSPS) is 25.3.